The van der Waals surface area contributed by atoms with Gasteiger partial charge in [-0.05, 0) is 58.9 Å². The van der Waals surface area contributed by atoms with E-state index in [9.17, 15) is 4.79 Å². The molecule has 1 saturated carbocycles. The van der Waals surface area contributed by atoms with Crippen molar-refractivity contribution in [3.63, 3.8) is 0 Å². The molecule has 4 nitrogen and oxygen atoms in total. The fraction of sp³-hybridized carbons (Fsp3) is 0.632. The highest BCUT2D eigenvalue weighted by Gasteiger charge is 2.33. The molecule has 0 saturated heterocycles. The van der Waals surface area contributed by atoms with Crippen LogP contribution in [0.1, 0.15) is 50.3 Å². The van der Waals surface area contributed by atoms with Crippen LogP contribution in [0.3, 0.4) is 0 Å². The van der Waals surface area contributed by atoms with Crippen LogP contribution in [-0.4, -0.2) is 24.3 Å². The number of hydrogen-bond acceptors (Lipinski definition) is 3. The number of rotatable bonds is 6. The highest BCUT2D eigenvalue weighted by atomic mass is 16.6. The first-order valence-corrected chi connectivity index (χ1v) is 8.50. The number of amides is 1. The maximum atomic E-state index is 12.0. The summed E-state index contributed by atoms with van der Waals surface area (Å²) >= 11 is 0. The first kappa shape index (κ1) is 17.8. The third-order valence-electron chi connectivity index (χ3n) is 3.87. The van der Waals surface area contributed by atoms with Gasteiger partial charge in [-0.25, -0.2) is 4.79 Å². The second-order valence-corrected chi connectivity index (χ2v) is 7.72. The van der Waals surface area contributed by atoms with E-state index in [1.54, 1.807) is 0 Å². The largest absolute Gasteiger partial charge is 0.444 e. The lowest BCUT2D eigenvalue weighted by Crippen LogP contribution is -2.45. The first-order chi connectivity index (χ1) is 10.7. The van der Waals surface area contributed by atoms with Crippen LogP contribution in [0.4, 0.5) is 4.79 Å². The molecule has 1 aliphatic rings. The van der Waals surface area contributed by atoms with Crippen molar-refractivity contribution in [3.8, 4) is 0 Å². The minimum absolute atomic E-state index is 0.149. The highest BCUT2D eigenvalue weighted by molar-refractivity contribution is 5.68. The van der Waals surface area contributed by atoms with Gasteiger partial charge in [-0.2, -0.15) is 0 Å². The fourth-order valence-electron chi connectivity index (χ4n) is 2.84. The molecule has 23 heavy (non-hydrogen) atoms. The minimum Gasteiger partial charge on any atom is -0.444 e. The number of alkyl carbamates (subject to hydrolysis) is 1. The van der Waals surface area contributed by atoms with Gasteiger partial charge < -0.3 is 15.4 Å². The maximum absolute atomic E-state index is 12.0. The van der Waals surface area contributed by atoms with Crippen molar-refractivity contribution in [2.75, 3.05) is 6.54 Å². The van der Waals surface area contributed by atoms with Gasteiger partial charge in [0.1, 0.15) is 5.60 Å². The van der Waals surface area contributed by atoms with Crippen LogP contribution in [0.2, 0.25) is 0 Å². The van der Waals surface area contributed by atoms with E-state index < -0.39 is 5.60 Å². The average Bonchev–Trinajstić information content (AvgIpc) is 3.18. The topological polar surface area (TPSA) is 50.4 Å². The summed E-state index contributed by atoms with van der Waals surface area (Å²) in [6.45, 7) is 11.5. The molecule has 0 radical (unpaired) electrons. The fourth-order valence-corrected chi connectivity index (χ4v) is 2.84. The van der Waals surface area contributed by atoms with Crippen LogP contribution in [0.15, 0.2) is 18.2 Å². The SMILES string of the molecule is Cc1cc(C)cc(CNCC(NC(=O)OC(C)(C)C)C2CC2)c1. The predicted octanol–water partition coefficient (Wildman–Crippen LogP) is 3.70. The van der Waals surface area contributed by atoms with Gasteiger partial charge in [0.2, 0.25) is 0 Å². The molecular formula is C19H30N2O2. The van der Waals surface area contributed by atoms with Crippen molar-refractivity contribution in [3.05, 3.63) is 34.9 Å². The second-order valence-electron chi connectivity index (χ2n) is 7.72. The number of carbonyl (C=O) groups is 1. The van der Waals surface area contributed by atoms with E-state index in [0.29, 0.717) is 5.92 Å². The Bertz CT molecular complexity index is 525. The summed E-state index contributed by atoms with van der Waals surface area (Å²) in [7, 11) is 0. The molecule has 0 spiro atoms. The maximum Gasteiger partial charge on any atom is 0.407 e. The smallest absolute Gasteiger partial charge is 0.407 e. The Balaban J connectivity index is 1.82. The molecule has 0 aromatic heterocycles. The zero-order chi connectivity index (χ0) is 17.0. The van der Waals surface area contributed by atoms with E-state index in [0.717, 1.165) is 13.1 Å². The van der Waals surface area contributed by atoms with Crippen molar-refractivity contribution in [1.82, 2.24) is 10.6 Å². The summed E-state index contributed by atoms with van der Waals surface area (Å²) in [6.07, 6.45) is 2.06. The Morgan fingerprint density at radius 1 is 1.22 bits per heavy atom. The van der Waals surface area contributed by atoms with Crippen molar-refractivity contribution >= 4 is 6.09 Å². The van der Waals surface area contributed by atoms with E-state index in [1.165, 1.54) is 29.5 Å². The van der Waals surface area contributed by atoms with Crippen LogP contribution in [-0.2, 0) is 11.3 Å². The van der Waals surface area contributed by atoms with Crippen LogP contribution >= 0.6 is 0 Å². The Labute approximate surface area is 140 Å². The number of ether oxygens (including phenoxy) is 1. The molecule has 0 aliphatic heterocycles. The standard InChI is InChI=1S/C19H30N2O2/c1-13-8-14(2)10-15(9-13)11-20-12-17(16-6-7-16)21-18(22)23-19(3,4)5/h8-10,16-17,20H,6-7,11-12H2,1-5H3,(H,21,22). The van der Waals surface area contributed by atoms with Crippen LogP contribution < -0.4 is 10.6 Å². The summed E-state index contributed by atoms with van der Waals surface area (Å²) in [4.78, 5) is 12.0. The van der Waals surface area contributed by atoms with Crippen molar-refractivity contribution in [2.24, 2.45) is 5.92 Å². The molecule has 1 aromatic carbocycles. The lowest BCUT2D eigenvalue weighted by molar-refractivity contribution is 0.0497. The zero-order valence-electron chi connectivity index (χ0n) is 15.0. The molecule has 1 amide bonds. The Hall–Kier alpha value is -1.55. The highest BCUT2D eigenvalue weighted by Crippen LogP contribution is 2.32. The summed E-state index contributed by atoms with van der Waals surface area (Å²) in [5, 5.41) is 6.50. The summed E-state index contributed by atoms with van der Waals surface area (Å²) in [6, 6.07) is 6.73. The van der Waals surface area contributed by atoms with Gasteiger partial charge in [-0.15, -0.1) is 0 Å². The molecule has 128 valence electrons. The van der Waals surface area contributed by atoms with E-state index in [1.807, 2.05) is 20.8 Å². The second kappa shape index (κ2) is 7.35. The molecule has 1 fully saturated rings. The molecule has 4 heteroatoms. The zero-order valence-corrected chi connectivity index (χ0v) is 15.0. The lowest BCUT2D eigenvalue weighted by atomic mass is 10.1. The van der Waals surface area contributed by atoms with E-state index in [2.05, 4.69) is 42.7 Å². The molecule has 2 N–H and O–H groups in total. The first-order valence-electron chi connectivity index (χ1n) is 8.50. The van der Waals surface area contributed by atoms with Crippen molar-refractivity contribution in [2.45, 2.75) is 65.6 Å². The van der Waals surface area contributed by atoms with Crippen LogP contribution in [0, 0.1) is 19.8 Å². The monoisotopic (exact) mass is 318 g/mol. The number of benzene rings is 1. The molecular weight excluding hydrogens is 288 g/mol. The van der Waals surface area contributed by atoms with Gasteiger partial charge in [0.15, 0.2) is 0 Å². The number of nitrogens with one attached hydrogen (secondary N) is 2. The van der Waals surface area contributed by atoms with Crippen LogP contribution in [0.25, 0.3) is 0 Å². The molecule has 1 atom stereocenters. The number of aryl methyl sites for hydroxylation is 2. The molecule has 1 aliphatic carbocycles. The number of hydrogen-bond donors (Lipinski definition) is 2. The summed E-state index contributed by atoms with van der Waals surface area (Å²) < 4.78 is 5.36. The van der Waals surface area contributed by atoms with Crippen molar-refractivity contribution < 1.29 is 9.53 Å². The number of carbonyl (C=O) groups excluding carboxylic acids is 1. The Kier molecular flexibility index (Phi) is 5.69. The van der Waals surface area contributed by atoms with Crippen LogP contribution in [0.5, 0.6) is 0 Å². The van der Waals surface area contributed by atoms with Gasteiger partial charge >= 0.3 is 6.09 Å². The Morgan fingerprint density at radius 3 is 2.35 bits per heavy atom. The third-order valence-corrected chi connectivity index (χ3v) is 3.87. The molecule has 2 rings (SSSR count). The Morgan fingerprint density at radius 2 is 1.83 bits per heavy atom. The normalized spacial score (nSPS) is 16.0. The van der Waals surface area contributed by atoms with Crippen molar-refractivity contribution in [1.29, 1.82) is 0 Å². The van der Waals surface area contributed by atoms with Gasteiger partial charge in [0, 0.05) is 19.1 Å². The van der Waals surface area contributed by atoms with E-state index in [-0.39, 0.29) is 12.1 Å². The van der Waals surface area contributed by atoms with E-state index >= 15 is 0 Å². The predicted molar refractivity (Wildman–Crippen MR) is 93.5 cm³/mol. The minimum atomic E-state index is -0.454. The summed E-state index contributed by atoms with van der Waals surface area (Å²) in [5.41, 5.74) is 3.40. The molecule has 1 aromatic rings. The van der Waals surface area contributed by atoms with Gasteiger partial charge in [-0.3, -0.25) is 0 Å². The van der Waals surface area contributed by atoms with Gasteiger partial charge in [-0.1, -0.05) is 29.3 Å². The van der Waals surface area contributed by atoms with E-state index in [4.69, 9.17) is 4.74 Å². The summed E-state index contributed by atoms with van der Waals surface area (Å²) in [5.74, 6) is 0.578. The molecule has 0 bridgehead atoms. The average molecular weight is 318 g/mol. The quantitative estimate of drug-likeness (QED) is 0.841. The molecule has 1 unspecified atom stereocenters. The lowest BCUT2D eigenvalue weighted by Gasteiger charge is -2.24. The molecule has 0 heterocycles. The van der Waals surface area contributed by atoms with Gasteiger partial charge in [0.05, 0.1) is 0 Å². The third kappa shape index (κ3) is 6.61. The van der Waals surface area contributed by atoms with Gasteiger partial charge in [0.25, 0.3) is 0 Å².